The van der Waals surface area contributed by atoms with Crippen LogP contribution in [0.15, 0.2) is 48.5 Å². The summed E-state index contributed by atoms with van der Waals surface area (Å²) in [6.07, 6.45) is 3.10. The molecule has 5 heteroatoms. The first kappa shape index (κ1) is 14.9. The number of nitrogens with one attached hydrogen (secondary N) is 2. The van der Waals surface area contributed by atoms with Gasteiger partial charge in [0.1, 0.15) is 0 Å². The van der Waals surface area contributed by atoms with Gasteiger partial charge in [0.25, 0.3) is 0 Å². The van der Waals surface area contributed by atoms with E-state index in [2.05, 4.69) is 22.8 Å². The number of carbonyl (C=O) groups excluding carboxylic acids is 1. The first-order chi connectivity index (χ1) is 11.8. The molecule has 2 aromatic rings. The smallest absolute Gasteiger partial charge is 0.315 e. The number of hydrogen-bond acceptors (Lipinski definition) is 3. The molecular formula is C19H20N2O3. The van der Waals surface area contributed by atoms with Crippen molar-refractivity contribution in [1.29, 1.82) is 0 Å². The molecule has 1 fully saturated rings. The second-order valence-electron chi connectivity index (χ2n) is 6.30. The van der Waals surface area contributed by atoms with Gasteiger partial charge < -0.3 is 20.1 Å². The second-order valence-corrected chi connectivity index (χ2v) is 6.30. The fourth-order valence-electron chi connectivity index (χ4n) is 3.27. The predicted octanol–water partition coefficient (Wildman–Crippen LogP) is 3.29. The van der Waals surface area contributed by atoms with Gasteiger partial charge in [0.15, 0.2) is 11.5 Å². The van der Waals surface area contributed by atoms with Crippen LogP contribution in [0.5, 0.6) is 11.5 Å². The lowest BCUT2D eigenvalue weighted by Crippen LogP contribution is -2.53. The van der Waals surface area contributed by atoms with Gasteiger partial charge in [0.2, 0.25) is 6.79 Å². The van der Waals surface area contributed by atoms with Gasteiger partial charge in [-0.05, 0) is 42.5 Å². The summed E-state index contributed by atoms with van der Waals surface area (Å²) in [5.41, 5.74) is 1.94. The molecule has 0 atom stereocenters. The maximum atomic E-state index is 12.4. The summed E-state index contributed by atoms with van der Waals surface area (Å²) < 4.78 is 10.7. The van der Waals surface area contributed by atoms with Crippen LogP contribution in [0.2, 0.25) is 0 Å². The summed E-state index contributed by atoms with van der Waals surface area (Å²) in [5.74, 6) is 1.48. The number of ether oxygens (including phenoxy) is 2. The van der Waals surface area contributed by atoms with E-state index in [-0.39, 0.29) is 18.4 Å². The van der Waals surface area contributed by atoms with Crippen LogP contribution in [-0.4, -0.2) is 12.8 Å². The van der Waals surface area contributed by atoms with Gasteiger partial charge in [-0.15, -0.1) is 0 Å². The largest absolute Gasteiger partial charge is 0.454 e. The van der Waals surface area contributed by atoms with Gasteiger partial charge >= 0.3 is 6.03 Å². The third-order valence-electron chi connectivity index (χ3n) is 4.78. The molecule has 1 aliphatic heterocycles. The van der Waals surface area contributed by atoms with Gasteiger partial charge in [-0.25, -0.2) is 4.79 Å². The quantitative estimate of drug-likeness (QED) is 0.907. The minimum atomic E-state index is -0.222. The molecule has 2 aliphatic rings. The lowest BCUT2D eigenvalue weighted by Gasteiger charge is -2.43. The third kappa shape index (κ3) is 2.77. The Balaban J connectivity index is 1.38. The number of rotatable bonds is 4. The predicted molar refractivity (Wildman–Crippen MR) is 89.9 cm³/mol. The molecule has 0 spiro atoms. The molecule has 1 aliphatic carbocycles. The van der Waals surface area contributed by atoms with Crippen molar-refractivity contribution in [2.75, 3.05) is 6.79 Å². The molecule has 1 heterocycles. The summed E-state index contributed by atoms with van der Waals surface area (Å²) in [7, 11) is 0. The second kappa shape index (κ2) is 6.07. The van der Waals surface area contributed by atoms with E-state index in [0.717, 1.165) is 36.3 Å². The van der Waals surface area contributed by atoms with Gasteiger partial charge in [0.05, 0.1) is 5.54 Å². The summed E-state index contributed by atoms with van der Waals surface area (Å²) in [6, 6.07) is 15.8. The number of amides is 2. The van der Waals surface area contributed by atoms with E-state index < -0.39 is 0 Å². The van der Waals surface area contributed by atoms with Gasteiger partial charge in [-0.2, -0.15) is 0 Å². The number of urea groups is 1. The van der Waals surface area contributed by atoms with Crippen LogP contribution in [0.3, 0.4) is 0 Å². The number of hydrogen-bond donors (Lipinski definition) is 2. The lowest BCUT2D eigenvalue weighted by atomic mass is 9.72. The van der Waals surface area contributed by atoms with Crippen LogP contribution in [0.4, 0.5) is 4.79 Å². The molecule has 0 radical (unpaired) electrons. The molecule has 0 bridgehead atoms. The van der Waals surface area contributed by atoms with E-state index in [1.54, 1.807) is 0 Å². The van der Waals surface area contributed by atoms with E-state index >= 15 is 0 Å². The molecule has 0 aromatic heterocycles. The highest BCUT2D eigenvalue weighted by Gasteiger charge is 2.39. The van der Waals surface area contributed by atoms with Crippen molar-refractivity contribution in [3.05, 3.63) is 59.7 Å². The Morgan fingerprint density at radius 2 is 1.83 bits per heavy atom. The van der Waals surface area contributed by atoms with Crippen molar-refractivity contribution in [2.45, 2.75) is 31.3 Å². The standard InChI is InChI=1S/C19H20N2O3/c22-18(20-12-14-7-8-16-17(11-14)24-13-23-16)21-19(9-4-10-19)15-5-2-1-3-6-15/h1-3,5-8,11H,4,9-10,12-13H2,(H2,20,21,22). The summed E-state index contributed by atoms with van der Waals surface area (Å²) >= 11 is 0. The third-order valence-corrected chi connectivity index (χ3v) is 4.78. The van der Waals surface area contributed by atoms with Crippen LogP contribution in [0.25, 0.3) is 0 Å². The molecule has 2 amide bonds. The Kier molecular flexibility index (Phi) is 3.76. The maximum Gasteiger partial charge on any atom is 0.315 e. The van der Waals surface area contributed by atoms with Crippen LogP contribution >= 0.6 is 0 Å². The van der Waals surface area contributed by atoms with E-state index in [0.29, 0.717) is 6.54 Å². The van der Waals surface area contributed by atoms with Gasteiger partial charge in [-0.3, -0.25) is 0 Å². The van der Waals surface area contributed by atoms with E-state index in [1.165, 1.54) is 5.56 Å². The van der Waals surface area contributed by atoms with E-state index in [9.17, 15) is 4.79 Å². The highest BCUT2D eigenvalue weighted by atomic mass is 16.7. The molecule has 1 saturated carbocycles. The average molecular weight is 324 g/mol. The van der Waals surface area contributed by atoms with Crippen LogP contribution < -0.4 is 20.1 Å². The summed E-state index contributed by atoms with van der Waals surface area (Å²) in [6.45, 7) is 0.708. The Bertz CT molecular complexity index is 742. The van der Waals surface area contributed by atoms with Gasteiger partial charge in [-0.1, -0.05) is 36.4 Å². The molecule has 24 heavy (non-hydrogen) atoms. The van der Waals surface area contributed by atoms with Crippen molar-refractivity contribution in [3.63, 3.8) is 0 Å². The monoisotopic (exact) mass is 324 g/mol. The molecule has 0 unspecified atom stereocenters. The molecule has 124 valence electrons. The molecule has 2 N–H and O–H groups in total. The first-order valence-electron chi connectivity index (χ1n) is 8.25. The summed E-state index contributed by atoms with van der Waals surface area (Å²) in [4.78, 5) is 12.4. The van der Waals surface area contributed by atoms with Crippen molar-refractivity contribution in [1.82, 2.24) is 10.6 Å². The Hall–Kier alpha value is -2.69. The van der Waals surface area contributed by atoms with E-state index in [4.69, 9.17) is 9.47 Å². The lowest BCUT2D eigenvalue weighted by molar-refractivity contribution is 0.173. The Morgan fingerprint density at radius 3 is 2.58 bits per heavy atom. The number of carbonyl (C=O) groups is 1. The Labute approximate surface area is 141 Å². The first-order valence-corrected chi connectivity index (χ1v) is 8.25. The molecule has 2 aromatic carbocycles. The average Bonchev–Trinajstić information content (AvgIpc) is 3.05. The van der Waals surface area contributed by atoms with Crippen LogP contribution in [-0.2, 0) is 12.1 Å². The van der Waals surface area contributed by atoms with Crippen molar-refractivity contribution < 1.29 is 14.3 Å². The zero-order chi connectivity index (χ0) is 16.4. The van der Waals surface area contributed by atoms with Crippen LogP contribution in [0, 0.1) is 0 Å². The fourth-order valence-corrected chi connectivity index (χ4v) is 3.27. The molecule has 4 rings (SSSR count). The zero-order valence-electron chi connectivity index (χ0n) is 13.4. The zero-order valence-corrected chi connectivity index (χ0v) is 13.4. The van der Waals surface area contributed by atoms with Crippen LogP contribution in [0.1, 0.15) is 30.4 Å². The summed E-state index contributed by atoms with van der Waals surface area (Å²) in [5, 5.41) is 6.10. The topological polar surface area (TPSA) is 59.6 Å². The van der Waals surface area contributed by atoms with E-state index in [1.807, 2.05) is 36.4 Å². The fraction of sp³-hybridized carbons (Fsp3) is 0.316. The highest BCUT2D eigenvalue weighted by Crippen LogP contribution is 2.41. The van der Waals surface area contributed by atoms with Crippen molar-refractivity contribution in [3.8, 4) is 11.5 Å². The van der Waals surface area contributed by atoms with Gasteiger partial charge in [0, 0.05) is 6.54 Å². The Morgan fingerprint density at radius 1 is 1.04 bits per heavy atom. The number of benzene rings is 2. The van der Waals surface area contributed by atoms with Crippen molar-refractivity contribution >= 4 is 6.03 Å². The highest BCUT2D eigenvalue weighted by molar-refractivity contribution is 5.75. The van der Waals surface area contributed by atoms with Crippen molar-refractivity contribution in [2.24, 2.45) is 0 Å². The molecular weight excluding hydrogens is 304 g/mol. The number of fused-ring (bicyclic) bond motifs is 1. The molecule has 0 saturated heterocycles. The normalized spacial score (nSPS) is 17.0. The SMILES string of the molecule is O=C(NCc1ccc2c(c1)OCO2)NC1(c2ccccc2)CCC1. The minimum absolute atomic E-state index is 0.142. The maximum absolute atomic E-state index is 12.4. The minimum Gasteiger partial charge on any atom is -0.454 e. The molecule has 5 nitrogen and oxygen atoms in total.